The number of aliphatic hydroxyl groups is 2. The second-order valence-electron chi connectivity index (χ2n) is 10.2. The fraction of sp³-hybridized carbons (Fsp3) is 0.538. The Labute approximate surface area is 195 Å². The van der Waals surface area contributed by atoms with Crippen LogP contribution in [-0.2, 0) is 23.1 Å². The minimum Gasteiger partial charge on any atom is -0.489 e. The third-order valence-electron chi connectivity index (χ3n) is 8.23. The molecular weight excluding hydrogens is 447 g/mol. The molecule has 1 saturated heterocycles. The van der Waals surface area contributed by atoms with Gasteiger partial charge in [-0.2, -0.15) is 13.2 Å². The molecule has 2 aliphatic heterocycles. The van der Waals surface area contributed by atoms with Crippen molar-refractivity contribution in [2.45, 2.75) is 81.3 Å². The Bertz CT molecular complexity index is 1120. The summed E-state index contributed by atoms with van der Waals surface area (Å²) in [5.41, 5.74) is -0.723. The Hall–Kier alpha value is -2.29. The normalized spacial score (nSPS) is 32.4. The van der Waals surface area contributed by atoms with E-state index in [2.05, 4.69) is 5.32 Å². The maximum Gasteiger partial charge on any atom is 0.416 e. The molecule has 2 heterocycles. The summed E-state index contributed by atoms with van der Waals surface area (Å²) in [4.78, 5) is 0. The van der Waals surface area contributed by atoms with E-state index in [1.54, 1.807) is 30.3 Å². The predicted octanol–water partition coefficient (Wildman–Crippen LogP) is 5.40. The topological polar surface area (TPSA) is 71.0 Å². The monoisotopic (exact) mass is 475 g/mol. The van der Waals surface area contributed by atoms with E-state index in [0.717, 1.165) is 32.1 Å². The molecule has 3 N–H and O–H groups in total. The summed E-state index contributed by atoms with van der Waals surface area (Å²) >= 11 is 0. The molecule has 0 aromatic heterocycles. The first kappa shape index (κ1) is 22.2. The van der Waals surface area contributed by atoms with Gasteiger partial charge in [-0.15, -0.1) is 0 Å². The maximum atomic E-state index is 13.8. The predicted molar refractivity (Wildman–Crippen MR) is 118 cm³/mol. The third-order valence-corrected chi connectivity index (χ3v) is 8.23. The molecule has 0 radical (unpaired) electrons. The molecule has 2 aliphatic carbocycles. The van der Waals surface area contributed by atoms with Crippen molar-refractivity contribution < 1.29 is 32.9 Å². The quantitative estimate of drug-likeness (QED) is 0.552. The van der Waals surface area contributed by atoms with Gasteiger partial charge in [0.05, 0.1) is 5.56 Å². The standard InChI is InChI=1S/C26H28F3NO4/c27-26(28,29)20-11-15(5-7-19(20)16-3-1-2-4-16)14-33-18-6-8-22-21(13-18)24(32)10-9-17-12-23(31)34-25(17,24)30-22/h5-8,11,13,16-17,23,30-32H,1-4,9-10,12,14H2/t17-,23?,24+,25+/m1/s1. The average molecular weight is 476 g/mol. The van der Waals surface area contributed by atoms with E-state index in [9.17, 15) is 23.4 Å². The van der Waals surface area contributed by atoms with E-state index in [-0.39, 0.29) is 18.4 Å². The molecule has 5 nitrogen and oxygen atoms in total. The zero-order valence-corrected chi connectivity index (χ0v) is 18.7. The fourth-order valence-electron chi connectivity index (χ4n) is 6.63. The van der Waals surface area contributed by atoms with E-state index >= 15 is 0 Å². The lowest BCUT2D eigenvalue weighted by atomic mass is 9.87. The molecule has 2 aromatic rings. The van der Waals surface area contributed by atoms with Gasteiger partial charge in [-0.05, 0) is 67.0 Å². The van der Waals surface area contributed by atoms with Crippen molar-refractivity contribution in [2.24, 2.45) is 5.92 Å². The van der Waals surface area contributed by atoms with Crippen LogP contribution in [0.2, 0.25) is 0 Å². The van der Waals surface area contributed by atoms with Gasteiger partial charge in [-0.3, -0.25) is 0 Å². The highest BCUT2D eigenvalue weighted by Gasteiger charge is 2.69. The summed E-state index contributed by atoms with van der Waals surface area (Å²) in [6.45, 7) is -0.0122. The fourth-order valence-corrected chi connectivity index (χ4v) is 6.63. The number of halogens is 3. The number of rotatable bonds is 4. The van der Waals surface area contributed by atoms with Crippen LogP contribution in [0.1, 0.15) is 73.1 Å². The summed E-state index contributed by atoms with van der Waals surface area (Å²) in [5, 5.41) is 24.9. The van der Waals surface area contributed by atoms with Crippen LogP contribution in [0.5, 0.6) is 5.75 Å². The number of hydrogen-bond acceptors (Lipinski definition) is 5. The number of benzene rings is 2. The van der Waals surface area contributed by atoms with Crippen molar-refractivity contribution in [1.29, 1.82) is 0 Å². The Morgan fingerprint density at radius 3 is 2.65 bits per heavy atom. The molecule has 0 amide bonds. The van der Waals surface area contributed by atoms with Crippen LogP contribution in [0.3, 0.4) is 0 Å². The van der Waals surface area contributed by atoms with Crippen LogP contribution >= 0.6 is 0 Å². The molecule has 2 saturated carbocycles. The van der Waals surface area contributed by atoms with Crippen molar-refractivity contribution in [3.05, 3.63) is 58.7 Å². The Morgan fingerprint density at radius 1 is 1.09 bits per heavy atom. The lowest BCUT2D eigenvalue weighted by Gasteiger charge is -2.35. The number of ether oxygens (including phenoxy) is 2. The zero-order valence-electron chi connectivity index (χ0n) is 18.7. The molecule has 34 heavy (non-hydrogen) atoms. The second-order valence-corrected chi connectivity index (χ2v) is 10.2. The highest BCUT2D eigenvalue weighted by Crippen LogP contribution is 2.62. The Balaban J connectivity index is 1.24. The summed E-state index contributed by atoms with van der Waals surface area (Å²) in [6, 6.07) is 9.77. The van der Waals surface area contributed by atoms with Crippen LogP contribution in [0.15, 0.2) is 36.4 Å². The molecule has 0 bridgehead atoms. The van der Waals surface area contributed by atoms with E-state index in [0.29, 0.717) is 41.0 Å². The van der Waals surface area contributed by atoms with E-state index in [1.807, 2.05) is 0 Å². The van der Waals surface area contributed by atoms with Crippen molar-refractivity contribution in [3.63, 3.8) is 0 Å². The summed E-state index contributed by atoms with van der Waals surface area (Å²) in [7, 11) is 0. The lowest BCUT2D eigenvalue weighted by molar-refractivity contribution is -0.197. The van der Waals surface area contributed by atoms with Gasteiger partial charge in [0.25, 0.3) is 0 Å². The Kier molecular flexibility index (Phi) is 4.96. The van der Waals surface area contributed by atoms with Gasteiger partial charge in [0.2, 0.25) is 0 Å². The van der Waals surface area contributed by atoms with E-state index < -0.39 is 29.4 Å². The van der Waals surface area contributed by atoms with Crippen LogP contribution in [0.4, 0.5) is 18.9 Å². The highest BCUT2D eigenvalue weighted by atomic mass is 19.4. The number of fused-ring (bicyclic) bond motifs is 2. The lowest BCUT2D eigenvalue weighted by Crippen LogP contribution is -2.52. The molecule has 4 aliphatic rings. The summed E-state index contributed by atoms with van der Waals surface area (Å²) in [5.74, 6) is 0.417. The van der Waals surface area contributed by atoms with Gasteiger partial charge < -0.3 is 25.0 Å². The number of hydrogen-bond donors (Lipinski definition) is 3. The van der Waals surface area contributed by atoms with Gasteiger partial charge in [0.1, 0.15) is 18.0 Å². The summed E-state index contributed by atoms with van der Waals surface area (Å²) < 4.78 is 53.0. The van der Waals surface area contributed by atoms with Crippen LogP contribution in [0.25, 0.3) is 0 Å². The minimum atomic E-state index is -4.41. The number of nitrogens with one attached hydrogen (secondary N) is 1. The molecule has 4 atom stereocenters. The molecule has 1 unspecified atom stereocenters. The molecule has 182 valence electrons. The molecule has 3 fully saturated rings. The van der Waals surface area contributed by atoms with Crippen molar-refractivity contribution >= 4 is 5.69 Å². The first-order valence-electron chi connectivity index (χ1n) is 12.0. The van der Waals surface area contributed by atoms with Crippen molar-refractivity contribution in [3.8, 4) is 5.75 Å². The SMILES string of the molecule is OC1C[C@H]2CC[C@]3(O)c4cc(OCc5ccc(C6CCCC6)c(C(F)(F)F)c5)ccc4N[C@]23O1. The van der Waals surface area contributed by atoms with E-state index in [1.165, 1.54) is 6.07 Å². The van der Waals surface area contributed by atoms with Gasteiger partial charge in [0.15, 0.2) is 12.0 Å². The summed E-state index contributed by atoms with van der Waals surface area (Å²) in [6.07, 6.45) is -0.117. The van der Waals surface area contributed by atoms with Gasteiger partial charge in [0, 0.05) is 23.6 Å². The van der Waals surface area contributed by atoms with Crippen LogP contribution in [0, 0.1) is 5.92 Å². The average Bonchev–Trinajstić information content (AvgIpc) is 3.53. The third kappa shape index (κ3) is 3.26. The number of aliphatic hydroxyl groups excluding tert-OH is 1. The van der Waals surface area contributed by atoms with E-state index in [4.69, 9.17) is 9.47 Å². The highest BCUT2D eigenvalue weighted by molar-refractivity contribution is 5.65. The van der Waals surface area contributed by atoms with Gasteiger partial charge in [-0.25, -0.2) is 0 Å². The molecule has 6 rings (SSSR count). The second kappa shape index (κ2) is 7.60. The number of alkyl halides is 3. The van der Waals surface area contributed by atoms with Crippen LogP contribution in [-0.4, -0.2) is 22.2 Å². The van der Waals surface area contributed by atoms with Crippen molar-refractivity contribution in [1.82, 2.24) is 0 Å². The first-order chi connectivity index (χ1) is 16.2. The molecule has 2 aromatic carbocycles. The smallest absolute Gasteiger partial charge is 0.416 e. The van der Waals surface area contributed by atoms with Gasteiger partial charge >= 0.3 is 6.18 Å². The Morgan fingerprint density at radius 2 is 1.88 bits per heavy atom. The molecule has 1 spiro atoms. The minimum absolute atomic E-state index is 0.0107. The molecular formula is C26H28F3NO4. The number of anilines is 1. The molecule has 8 heteroatoms. The van der Waals surface area contributed by atoms with Gasteiger partial charge in [-0.1, -0.05) is 25.0 Å². The zero-order chi connectivity index (χ0) is 23.7. The van der Waals surface area contributed by atoms with Crippen LogP contribution < -0.4 is 10.1 Å². The first-order valence-corrected chi connectivity index (χ1v) is 12.0. The maximum absolute atomic E-state index is 13.8. The van der Waals surface area contributed by atoms with Crippen molar-refractivity contribution in [2.75, 3.05) is 5.32 Å². The largest absolute Gasteiger partial charge is 0.489 e.